The molecule has 2 aliphatic heterocycles. The van der Waals surface area contributed by atoms with Gasteiger partial charge >= 0.3 is 0 Å². The number of piperazine rings is 1. The molecule has 134 valence electrons. The number of benzene rings is 1. The average molecular weight is 350 g/mol. The van der Waals surface area contributed by atoms with E-state index in [1.54, 1.807) is 6.20 Å². The third-order valence-corrected chi connectivity index (χ3v) is 5.05. The molecule has 7 heteroatoms. The Hall–Kier alpha value is -2.85. The summed E-state index contributed by atoms with van der Waals surface area (Å²) in [4.78, 5) is 4.83. The van der Waals surface area contributed by atoms with Crippen molar-refractivity contribution in [1.29, 1.82) is 5.26 Å². The van der Waals surface area contributed by atoms with Gasteiger partial charge in [-0.05, 0) is 41.0 Å². The summed E-state index contributed by atoms with van der Waals surface area (Å²) in [6, 6.07) is 6.29. The van der Waals surface area contributed by atoms with Gasteiger partial charge in [-0.15, -0.1) is 0 Å². The highest BCUT2D eigenvalue weighted by molar-refractivity contribution is 5.83. The van der Waals surface area contributed by atoms with E-state index in [0.29, 0.717) is 5.57 Å². The molecule has 0 radical (unpaired) electrons. The second-order valence-corrected chi connectivity index (χ2v) is 6.65. The maximum Gasteiger partial charge on any atom is 0.140 e. The summed E-state index contributed by atoms with van der Waals surface area (Å²) in [5, 5.41) is 20.3. The van der Waals surface area contributed by atoms with Gasteiger partial charge in [-0.3, -0.25) is 4.90 Å². The summed E-state index contributed by atoms with van der Waals surface area (Å²) >= 11 is 0. The summed E-state index contributed by atoms with van der Waals surface area (Å²) in [7, 11) is 0. The van der Waals surface area contributed by atoms with Crippen molar-refractivity contribution in [3.05, 3.63) is 41.6 Å². The highest BCUT2D eigenvalue weighted by Gasteiger charge is 2.25. The number of anilines is 1. The summed E-state index contributed by atoms with van der Waals surface area (Å²) in [6.45, 7) is 6.00. The molecule has 0 spiro atoms. The van der Waals surface area contributed by atoms with Crippen LogP contribution >= 0.6 is 0 Å². The van der Waals surface area contributed by atoms with E-state index in [2.05, 4.69) is 50.6 Å². The minimum atomic E-state index is 0.159. The van der Waals surface area contributed by atoms with Crippen molar-refractivity contribution in [2.24, 2.45) is 0 Å². The van der Waals surface area contributed by atoms with E-state index in [1.165, 1.54) is 11.3 Å². The van der Waals surface area contributed by atoms with Crippen molar-refractivity contribution < 1.29 is 4.63 Å². The molecule has 0 aliphatic carbocycles. The number of allylic oxidation sites excluding steroid dienone is 2. The molecule has 0 bridgehead atoms. The molecule has 0 saturated carbocycles. The van der Waals surface area contributed by atoms with Gasteiger partial charge in [0, 0.05) is 43.6 Å². The largest absolute Gasteiger partial charge is 0.371 e. The number of aromatic nitrogens is 2. The number of dihydropyridines is 1. The second kappa shape index (κ2) is 7.18. The van der Waals surface area contributed by atoms with Gasteiger partial charge in [0.2, 0.25) is 0 Å². The minimum absolute atomic E-state index is 0.159. The zero-order chi connectivity index (χ0) is 17.9. The number of nitrogens with zero attached hydrogens (tertiary/aromatic N) is 5. The van der Waals surface area contributed by atoms with Crippen LogP contribution in [0.4, 0.5) is 5.69 Å². The first-order chi connectivity index (χ1) is 12.8. The Morgan fingerprint density at radius 2 is 2.12 bits per heavy atom. The molecule has 4 rings (SSSR count). The van der Waals surface area contributed by atoms with E-state index in [-0.39, 0.29) is 6.17 Å². The van der Waals surface area contributed by atoms with Crippen LogP contribution < -0.4 is 10.2 Å². The van der Waals surface area contributed by atoms with Crippen LogP contribution in [0.3, 0.4) is 0 Å². The fraction of sp³-hybridized carbons (Fsp3) is 0.421. The summed E-state index contributed by atoms with van der Waals surface area (Å²) in [5.74, 6) is 0. The van der Waals surface area contributed by atoms with Crippen molar-refractivity contribution in [3.8, 4) is 6.07 Å². The van der Waals surface area contributed by atoms with Crippen LogP contribution in [0.2, 0.25) is 0 Å². The molecule has 0 amide bonds. The Balaban J connectivity index is 1.48. The van der Waals surface area contributed by atoms with Crippen LogP contribution in [-0.2, 0) is 6.42 Å². The SMILES string of the molecule is CCCc1c(N2CCN(C3C=CC(C#N)=CN3)CC2)ccc2nonc12. The number of rotatable bonds is 4. The number of nitriles is 1. The molecular weight excluding hydrogens is 328 g/mol. The van der Waals surface area contributed by atoms with Crippen molar-refractivity contribution in [2.45, 2.75) is 25.9 Å². The molecule has 1 N–H and O–H groups in total. The third kappa shape index (κ3) is 3.04. The van der Waals surface area contributed by atoms with E-state index < -0.39 is 0 Å². The molecule has 1 aromatic heterocycles. The Morgan fingerprint density at radius 3 is 2.81 bits per heavy atom. The Kier molecular flexibility index (Phi) is 4.59. The van der Waals surface area contributed by atoms with Gasteiger partial charge in [-0.25, -0.2) is 4.63 Å². The van der Waals surface area contributed by atoms with Gasteiger partial charge in [0.25, 0.3) is 0 Å². The van der Waals surface area contributed by atoms with Crippen molar-refractivity contribution in [1.82, 2.24) is 20.5 Å². The van der Waals surface area contributed by atoms with Gasteiger partial charge < -0.3 is 10.2 Å². The number of aryl methyl sites for hydroxylation is 1. The number of hydrogen-bond donors (Lipinski definition) is 1. The first-order valence-electron chi connectivity index (χ1n) is 9.08. The maximum atomic E-state index is 8.93. The van der Waals surface area contributed by atoms with Gasteiger partial charge in [0.05, 0.1) is 11.7 Å². The molecule has 3 heterocycles. The Labute approximate surface area is 152 Å². The lowest BCUT2D eigenvalue weighted by Crippen LogP contribution is -2.53. The summed E-state index contributed by atoms with van der Waals surface area (Å²) in [6.07, 6.45) is 7.93. The van der Waals surface area contributed by atoms with Gasteiger partial charge in [-0.2, -0.15) is 5.26 Å². The highest BCUT2D eigenvalue weighted by atomic mass is 16.6. The summed E-state index contributed by atoms with van der Waals surface area (Å²) < 4.78 is 4.94. The number of fused-ring (bicyclic) bond motifs is 1. The smallest absolute Gasteiger partial charge is 0.140 e. The van der Waals surface area contributed by atoms with E-state index in [9.17, 15) is 0 Å². The van der Waals surface area contributed by atoms with E-state index in [4.69, 9.17) is 9.89 Å². The quantitative estimate of drug-likeness (QED) is 0.905. The first-order valence-corrected chi connectivity index (χ1v) is 9.08. The Morgan fingerprint density at radius 1 is 1.27 bits per heavy atom. The molecule has 2 aromatic rings. The predicted molar refractivity (Wildman–Crippen MR) is 99.3 cm³/mol. The standard InChI is InChI=1S/C19H22N6O/c1-2-3-15-17(6-5-16-19(15)23-26-22-16)24-8-10-25(11-9-24)18-7-4-14(12-20)13-21-18/h4-7,13,18,21H,2-3,8-11H2,1H3. The topological polar surface area (TPSA) is 81.2 Å². The number of hydrogen-bond acceptors (Lipinski definition) is 7. The van der Waals surface area contributed by atoms with Crippen LogP contribution in [0.1, 0.15) is 18.9 Å². The third-order valence-electron chi connectivity index (χ3n) is 5.05. The predicted octanol–water partition coefficient (Wildman–Crippen LogP) is 2.19. The molecule has 2 aliphatic rings. The van der Waals surface area contributed by atoms with Gasteiger partial charge in [0.1, 0.15) is 17.1 Å². The van der Waals surface area contributed by atoms with Crippen molar-refractivity contribution in [2.75, 3.05) is 31.1 Å². The van der Waals surface area contributed by atoms with Crippen molar-refractivity contribution >= 4 is 16.7 Å². The summed E-state index contributed by atoms with van der Waals surface area (Å²) in [5.41, 5.74) is 4.86. The molecule has 1 saturated heterocycles. The lowest BCUT2D eigenvalue weighted by atomic mass is 10.0. The van der Waals surface area contributed by atoms with Crippen LogP contribution in [0, 0.1) is 11.3 Å². The lowest BCUT2D eigenvalue weighted by Gasteiger charge is -2.40. The van der Waals surface area contributed by atoms with Gasteiger partial charge in [-0.1, -0.05) is 13.3 Å². The lowest BCUT2D eigenvalue weighted by molar-refractivity contribution is 0.199. The molecule has 1 fully saturated rings. The highest BCUT2D eigenvalue weighted by Crippen LogP contribution is 2.29. The maximum absolute atomic E-state index is 8.93. The van der Waals surface area contributed by atoms with E-state index >= 15 is 0 Å². The zero-order valence-corrected chi connectivity index (χ0v) is 14.9. The molecule has 1 aromatic carbocycles. The zero-order valence-electron chi connectivity index (χ0n) is 14.9. The van der Waals surface area contributed by atoms with Gasteiger partial charge in [0.15, 0.2) is 0 Å². The molecule has 7 nitrogen and oxygen atoms in total. The van der Waals surface area contributed by atoms with Crippen LogP contribution in [0.25, 0.3) is 11.0 Å². The van der Waals surface area contributed by atoms with Crippen LogP contribution in [0.5, 0.6) is 0 Å². The first kappa shape index (κ1) is 16.6. The average Bonchev–Trinajstić information content (AvgIpc) is 3.18. The minimum Gasteiger partial charge on any atom is -0.371 e. The van der Waals surface area contributed by atoms with Crippen molar-refractivity contribution in [3.63, 3.8) is 0 Å². The second-order valence-electron chi connectivity index (χ2n) is 6.65. The normalized spacial score (nSPS) is 20.7. The fourth-order valence-corrected chi connectivity index (χ4v) is 3.70. The fourth-order valence-electron chi connectivity index (χ4n) is 3.70. The van der Waals surface area contributed by atoms with Crippen LogP contribution in [0.15, 0.2) is 40.7 Å². The molecule has 1 atom stereocenters. The monoisotopic (exact) mass is 350 g/mol. The van der Waals surface area contributed by atoms with E-state index in [0.717, 1.165) is 50.1 Å². The van der Waals surface area contributed by atoms with E-state index in [1.807, 2.05) is 12.1 Å². The van der Waals surface area contributed by atoms with Crippen LogP contribution in [-0.4, -0.2) is 47.6 Å². The molecule has 1 unspecified atom stereocenters. The number of nitrogens with one attached hydrogen (secondary N) is 1. The molecular formula is C19H22N6O. The Bertz CT molecular complexity index is 885. The molecule has 26 heavy (non-hydrogen) atoms.